The Morgan fingerprint density at radius 1 is 1.37 bits per heavy atom. The van der Waals surface area contributed by atoms with Crippen LogP contribution in [0, 0.1) is 5.92 Å². The van der Waals surface area contributed by atoms with Crippen molar-refractivity contribution in [3.63, 3.8) is 0 Å². The summed E-state index contributed by atoms with van der Waals surface area (Å²) in [5, 5.41) is 14.6. The fourth-order valence-electron chi connectivity index (χ4n) is 3.60. The molecule has 1 fully saturated rings. The average Bonchev–Trinajstić information content (AvgIpc) is 3.23. The molecule has 0 bridgehead atoms. The molecule has 0 aromatic carbocycles. The molecule has 1 aliphatic carbocycles. The number of amides is 1. The number of methoxy groups -OCH3 is 1. The monoisotopic (exact) mass is 423 g/mol. The van der Waals surface area contributed by atoms with E-state index >= 15 is 0 Å². The molecule has 1 N–H and O–H groups in total. The van der Waals surface area contributed by atoms with Crippen LogP contribution in [0.2, 0.25) is 0 Å². The van der Waals surface area contributed by atoms with Crippen LogP contribution in [0.5, 0.6) is 0 Å². The second-order valence-electron chi connectivity index (χ2n) is 6.85. The number of hydrogen-bond acceptors (Lipinski definition) is 9. The number of carbonyl (C=O) groups excluding carboxylic acids is 1. The molecule has 3 unspecified atom stereocenters. The summed E-state index contributed by atoms with van der Waals surface area (Å²) in [7, 11) is 1.60. The lowest BCUT2D eigenvalue weighted by molar-refractivity contribution is -0.113. The van der Waals surface area contributed by atoms with Gasteiger partial charge in [-0.25, -0.2) is 9.97 Å². The Morgan fingerprint density at radius 3 is 3.11 bits per heavy atom. The molecule has 2 aliphatic rings. The summed E-state index contributed by atoms with van der Waals surface area (Å²) in [5.74, 6) is 1.48. The van der Waals surface area contributed by atoms with Crippen molar-refractivity contribution >= 4 is 45.9 Å². The lowest BCUT2D eigenvalue weighted by Crippen LogP contribution is -2.21. The van der Waals surface area contributed by atoms with Gasteiger partial charge < -0.3 is 4.74 Å². The SMILES string of the molecule is COCc1nnc(NC(=O)CSc2ncnc3c2C2CCC(C)CC2S3)s1. The number of aromatic nitrogens is 4. The van der Waals surface area contributed by atoms with Crippen LogP contribution in [0.15, 0.2) is 16.4 Å². The first-order valence-electron chi connectivity index (χ1n) is 8.89. The van der Waals surface area contributed by atoms with Crippen LogP contribution in [0.25, 0.3) is 0 Å². The number of nitrogens with zero attached hydrogens (tertiary/aromatic N) is 4. The number of rotatable bonds is 6. The molecule has 4 rings (SSSR count). The maximum Gasteiger partial charge on any atom is 0.236 e. The van der Waals surface area contributed by atoms with Gasteiger partial charge >= 0.3 is 0 Å². The quantitative estimate of drug-likeness (QED) is 0.557. The van der Waals surface area contributed by atoms with E-state index in [4.69, 9.17) is 4.74 Å². The van der Waals surface area contributed by atoms with Crippen molar-refractivity contribution in [1.29, 1.82) is 0 Å². The van der Waals surface area contributed by atoms with Gasteiger partial charge in [0, 0.05) is 23.8 Å². The van der Waals surface area contributed by atoms with E-state index in [0.717, 1.165) is 21.0 Å². The molecule has 144 valence electrons. The third-order valence-corrected chi connectivity index (χ3v) is 8.01. The third kappa shape index (κ3) is 4.28. The summed E-state index contributed by atoms with van der Waals surface area (Å²) in [5.41, 5.74) is 1.26. The maximum atomic E-state index is 12.3. The average molecular weight is 424 g/mol. The van der Waals surface area contributed by atoms with Crippen LogP contribution in [-0.4, -0.2) is 44.2 Å². The van der Waals surface area contributed by atoms with E-state index in [1.54, 1.807) is 13.4 Å². The standard InChI is InChI=1S/C17H21N5O2S3/c1-9-3-4-10-11(5-9)26-16-14(10)15(18-8-19-16)25-7-12(23)20-17-22-21-13(27-17)6-24-2/h8-11H,3-7H2,1-2H3,(H,20,22,23). The van der Waals surface area contributed by atoms with Gasteiger partial charge in [-0.05, 0) is 18.8 Å². The summed E-state index contributed by atoms with van der Waals surface area (Å²) < 4.78 is 5.02. The minimum Gasteiger partial charge on any atom is -0.377 e. The Morgan fingerprint density at radius 2 is 2.26 bits per heavy atom. The highest BCUT2D eigenvalue weighted by Gasteiger charge is 2.40. The minimum atomic E-state index is -0.105. The molecule has 10 heteroatoms. The number of carbonyl (C=O) groups is 1. The van der Waals surface area contributed by atoms with E-state index in [2.05, 4.69) is 32.4 Å². The first kappa shape index (κ1) is 19.1. The molecule has 1 amide bonds. The highest BCUT2D eigenvalue weighted by Crippen LogP contribution is 2.54. The van der Waals surface area contributed by atoms with Crippen molar-refractivity contribution in [1.82, 2.24) is 20.2 Å². The molecule has 2 aromatic heterocycles. The molecule has 1 saturated carbocycles. The number of ether oxygens (including phenoxy) is 1. The smallest absolute Gasteiger partial charge is 0.236 e. The van der Waals surface area contributed by atoms with Crippen LogP contribution in [-0.2, 0) is 16.1 Å². The van der Waals surface area contributed by atoms with E-state index in [0.29, 0.717) is 28.7 Å². The molecule has 1 aliphatic heterocycles. The molecule has 3 heterocycles. The molecule has 0 saturated heterocycles. The molecule has 27 heavy (non-hydrogen) atoms. The molecular weight excluding hydrogens is 402 g/mol. The Labute approximate surface area is 170 Å². The van der Waals surface area contributed by atoms with E-state index < -0.39 is 0 Å². The van der Waals surface area contributed by atoms with E-state index in [1.165, 1.54) is 47.9 Å². The summed E-state index contributed by atoms with van der Waals surface area (Å²) >= 11 is 4.70. The zero-order valence-corrected chi connectivity index (χ0v) is 17.6. The second kappa shape index (κ2) is 8.42. The van der Waals surface area contributed by atoms with Gasteiger partial charge in [-0.15, -0.1) is 22.0 Å². The van der Waals surface area contributed by atoms with Gasteiger partial charge in [0.2, 0.25) is 11.0 Å². The van der Waals surface area contributed by atoms with Crippen LogP contribution in [0.1, 0.15) is 42.7 Å². The molecule has 0 spiro atoms. The number of hydrogen-bond donors (Lipinski definition) is 1. The lowest BCUT2D eigenvalue weighted by atomic mass is 9.80. The van der Waals surface area contributed by atoms with Gasteiger partial charge in [0.05, 0.1) is 5.75 Å². The zero-order chi connectivity index (χ0) is 18.8. The molecule has 3 atom stereocenters. The molecule has 7 nitrogen and oxygen atoms in total. The Balaban J connectivity index is 1.39. The molecule has 0 radical (unpaired) electrons. The summed E-state index contributed by atoms with van der Waals surface area (Å²) in [6, 6.07) is 0. The Hall–Kier alpha value is -1.23. The summed E-state index contributed by atoms with van der Waals surface area (Å²) in [6.45, 7) is 2.73. The Kier molecular flexibility index (Phi) is 5.96. The third-order valence-electron chi connectivity index (χ3n) is 4.82. The molecule has 2 aromatic rings. The summed E-state index contributed by atoms with van der Waals surface area (Å²) in [6.07, 6.45) is 5.29. The minimum absolute atomic E-state index is 0.105. The van der Waals surface area contributed by atoms with Crippen LogP contribution < -0.4 is 5.32 Å². The van der Waals surface area contributed by atoms with E-state index in [-0.39, 0.29) is 5.91 Å². The van der Waals surface area contributed by atoms with Crippen LogP contribution in [0.4, 0.5) is 5.13 Å². The van der Waals surface area contributed by atoms with Crippen LogP contribution in [0.3, 0.4) is 0 Å². The normalized spacial score (nSPS) is 23.7. The highest BCUT2D eigenvalue weighted by molar-refractivity contribution is 8.01. The predicted octanol–water partition coefficient (Wildman–Crippen LogP) is 3.58. The number of nitrogens with one attached hydrogen (secondary N) is 1. The topological polar surface area (TPSA) is 89.9 Å². The fourth-order valence-corrected chi connectivity index (χ4v) is 6.89. The van der Waals surface area contributed by atoms with Crippen molar-refractivity contribution in [2.45, 2.75) is 54.0 Å². The van der Waals surface area contributed by atoms with Gasteiger partial charge in [-0.3, -0.25) is 10.1 Å². The van der Waals surface area contributed by atoms with Gasteiger partial charge in [0.25, 0.3) is 0 Å². The van der Waals surface area contributed by atoms with Gasteiger partial charge in [-0.2, -0.15) is 0 Å². The largest absolute Gasteiger partial charge is 0.377 e. The van der Waals surface area contributed by atoms with E-state index in [9.17, 15) is 4.79 Å². The predicted molar refractivity (Wildman–Crippen MR) is 107 cm³/mol. The molecular formula is C17H21N5O2S3. The van der Waals surface area contributed by atoms with Gasteiger partial charge in [0.15, 0.2) is 0 Å². The van der Waals surface area contributed by atoms with Crippen molar-refractivity contribution in [3.05, 3.63) is 16.9 Å². The van der Waals surface area contributed by atoms with Crippen molar-refractivity contribution in [3.8, 4) is 0 Å². The summed E-state index contributed by atoms with van der Waals surface area (Å²) in [4.78, 5) is 21.3. The second-order valence-corrected chi connectivity index (χ2v) is 10.1. The van der Waals surface area contributed by atoms with Gasteiger partial charge in [-0.1, -0.05) is 36.4 Å². The first-order chi connectivity index (χ1) is 13.1. The van der Waals surface area contributed by atoms with E-state index in [1.807, 2.05) is 11.8 Å². The number of thioether (sulfide) groups is 2. The fraction of sp³-hybridized carbons (Fsp3) is 0.588. The lowest BCUT2D eigenvalue weighted by Gasteiger charge is -2.29. The first-order valence-corrected chi connectivity index (χ1v) is 11.6. The highest BCUT2D eigenvalue weighted by atomic mass is 32.2. The zero-order valence-electron chi connectivity index (χ0n) is 15.2. The number of fused-ring (bicyclic) bond motifs is 3. The number of anilines is 1. The van der Waals surface area contributed by atoms with Crippen molar-refractivity contribution < 1.29 is 9.53 Å². The van der Waals surface area contributed by atoms with Crippen LogP contribution >= 0.6 is 34.9 Å². The Bertz CT molecular complexity index is 831. The van der Waals surface area contributed by atoms with Crippen molar-refractivity contribution in [2.75, 3.05) is 18.2 Å². The maximum absolute atomic E-state index is 12.3. The van der Waals surface area contributed by atoms with Crippen molar-refractivity contribution in [2.24, 2.45) is 5.92 Å². The van der Waals surface area contributed by atoms with Gasteiger partial charge in [0.1, 0.15) is 28.0 Å².